The van der Waals surface area contributed by atoms with Crippen molar-refractivity contribution < 1.29 is 9.53 Å². The molecule has 0 heterocycles. The Hall–Kier alpha value is -3.26. The van der Waals surface area contributed by atoms with Crippen molar-refractivity contribution in [2.45, 2.75) is 19.6 Å². The van der Waals surface area contributed by atoms with Crippen molar-refractivity contribution in [3.63, 3.8) is 0 Å². The summed E-state index contributed by atoms with van der Waals surface area (Å²) in [6.45, 7) is 2.14. The predicted molar refractivity (Wildman–Crippen MR) is 124 cm³/mol. The first-order valence-electron chi connectivity index (χ1n) is 9.61. The molecule has 0 aliphatic rings. The topological polar surface area (TPSA) is 62.1 Å². The van der Waals surface area contributed by atoms with Crippen LogP contribution >= 0.6 is 23.2 Å². The number of hydrogen-bond acceptors (Lipinski definition) is 3. The van der Waals surface area contributed by atoms with E-state index in [9.17, 15) is 10.1 Å². The second-order valence-electron chi connectivity index (χ2n) is 6.85. The number of carbonyl (C=O) groups excluding carboxylic acids is 1. The highest BCUT2D eigenvalue weighted by Crippen LogP contribution is 2.25. The van der Waals surface area contributed by atoms with Crippen LogP contribution in [0.4, 0.5) is 0 Å². The molecule has 0 radical (unpaired) electrons. The summed E-state index contributed by atoms with van der Waals surface area (Å²) in [6.07, 6.45) is 1.53. The molecule has 0 aliphatic heterocycles. The Labute approximate surface area is 191 Å². The third-order valence-corrected chi connectivity index (χ3v) is 5.35. The molecule has 6 heteroatoms. The van der Waals surface area contributed by atoms with E-state index in [1.54, 1.807) is 24.3 Å². The molecule has 3 aromatic rings. The van der Waals surface area contributed by atoms with Crippen molar-refractivity contribution in [3.05, 3.63) is 105 Å². The Kier molecular flexibility index (Phi) is 7.72. The van der Waals surface area contributed by atoms with E-state index in [0.717, 1.165) is 11.1 Å². The van der Waals surface area contributed by atoms with Crippen molar-refractivity contribution >= 4 is 35.2 Å². The molecule has 0 aliphatic carbocycles. The highest BCUT2D eigenvalue weighted by atomic mass is 35.5. The SMILES string of the molecule is C[C@@H](NC(=O)/C(C#N)=C\c1ccccc1OCc1ccc(Cl)c(Cl)c1)c1ccccc1. The molecule has 1 atom stereocenters. The van der Waals surface area contributed by atoms with Crippen molar-refractivity contribution in [3.8, 4) is 11.8 Å². The number of para-hydroxylation sites is 1. The molecule has 0 fully saturated rings. The third kappa shape index (κ3) is 6.11. The fourth-order valence-corrected chi connectivity index (χ4v) is 3.25. The van der Waals surface area contributed by atoms with Gasteiger partial charge in [-0.1, -0.05) is 77.8 Å². The molecule has 31 heavy (non-hydrogen) atoms. The highest BCUT2D eigenvalue weighted by Gasteiger charge is 2.14. The largest absolute Gasteiger partial charge is 0.488 e. The summed E-state index contributed by atoms with van der Waals surface area (Å²) in [6, 6.07) is 23.8. The fraction of sp³-hybridized carbons (Fsp3) is 0.120. The van der Waals surface area contributed by atoms with Crippen LogP contribution in [0.2, 0.25) is 10.0 Å². The van der Waals surface area contributed by atoms with Gasteiger partial charge in [0, 0.05) is 5.56 Å². The summed E-state index contributed by atoms with van der Waals surface area (Å²) in [7, 11) is 0. The number of amides is 1. The van der Waals surface area contributed by atoms with E-state index in [1.165, 1.54) is 6.08 Å². The lowest BCUT2D eigenvalue weighted by molar-refractivity contribution is -0.117. The van der Waals surface area contributed by atoms with E-state index in [4.69, 9.17) is 27.9 Å². The van der Waals surface area contributed by atoms with E-state index in [1.807, 2.05) is 61.5 Å². The molecule has 3 aromatic carbocycles. The minimum Gasteiger partial charge on any atom is -0.488 e. The van der Waals surface area contributed by atoms with Crippen LogP contribution in [0.3, 0.4) is 0 Å². The van der Waals surface area contributed by atoms with Crippen LogP contribution in [-0.4, -0.2) is 5.91 Å². The smallest absolute Gasteiger partial charge is 0.262 e. The molecule has 3 rings (SSSR count). The number of rotatable bonds is 7. The number of carbonyl (C=O) groups is 1. The standard InChI is InChI=1S/C25H20Cl2N2O2/c1-17(19-7-3-2-4-8-19)29-25(30)21(15-28)14-20-9-5-6-10-24(20)31-16-18-11-12-22(26)23(27)13-18/h2-14,17H,16H2,1H3,(H,29,30)/b21-14-/t17-/m1/s1. The van der Waals surface area contributed by atoms with E-state index in [2.05, 4.69) is 5.32 Å². The summed E-state index contributed by atoms with van der Waals surface area (Å²) in [5.41, 5.74) is 2.43. The lowest BCUT2D eigenvalue weighted by Gasteiger charge is -2.14. The number of ether oxygens (including phenoxy) is 1. The summed E-state index contributed by atoms with van der Waals surface area (Å²) >= 11 is 12.0. The molecule has 1 N–H and O–H groups in total. The highest BCUT2D eigenvalue weighted by molar-refractivity contribution is 6.42. The summed E-state index contributed by atoms with van der Waals surface area (Å²) < 4.78 is 5.91. The maximum absolute atomic E-state index is 12.7. The lowest BCUT2D eigenvalue weighted by Crippen LogP contribution is -2.27. The number of halogens is 2. The van der Waals surface area contributed by atoms with Gasteiger partial charge < -0.3 is 10.1 Å². The first-order valence-corrected chi connectivity index (χ1v) is 10.4. The van der Waals surface area contributed by atoms with Crippen LogP contribution in [0, 0.1) is 11.3 Å². The lowest BCUT2D eigenvalue weighted by atomic mass is 10.1. The Bertz CT molecular complexity index is 1140. The predicted octanol–water partition coefficient (Wildman–Crippen LogP) is 6.36. The molecule has 4 nitrogen and oxygen atoms in total. The summed E-state index contributed by atoms with van der Waals surface area (Å²) in [5, 5.41) is 13.3. The second kappa shape index (κ2) is 10.7. The number of nitrogens with one attached hydrogen (secondary N) is 1. The van der Waals surface area contributed by atoms with Gasteiger partial charge in [-0.05, 0) is 42.3 Å². The average Bonchev–Trinajstić information content (AvgIpc) is 2.79. The number of benzene rings is 3. The molecule has 156 valence electrons. The van der Waals surface area contributed by atoms with Crippen LogP contribution in [0.25, 0.3) is 6.08 Å². The molecule has 0 spiro atoms. The minimum absolute atomic E-state index is 0.00614. The first-order chi connectivity index (χ1) is 15.0. The van der Waals surface area contributed by atoms with Crippen LogP contribution < -0.4 is 10.1 Å². The Morgan fingerprint density at radius 3 is 2.48 bits per heavy atom. The summed E-state index contributed by atoms with van der Waals surface area (Å²) in [5.74, 6) is 0.100. The Morgan fingerprint density at radius 2 is 1.77 bits per heavy atom. The van der Waals surface area contributed by atoms with Crippen LogP contribution in [-0.2, 0) is 11.4 Å². The third-order valence-electron chi connectivity index (χ3n) is 4.61. The summed E-state index contributed by atoms with van der Waals surface area (Å²) in [4.78, 5) is 12.7. The van der Waals surface area contributed by atoms with Crippen molar-refractivity contribution in [2.75, 3.05) is 0 Å². The van der Waals surface area contributed by atoms with Crippen LogP contribution in [0.5, 0.6) is 5.75 Å². The molecule has 0 saturated heterocycles. The molecule has 0 aromatic heterocycles. The Balaban J connectivity index is 1.75. The van der Waals surface area contributed by atoms with Crippen LogP contribution in [0.1, 0.15) is 29.7 Å². The average molecular weight is 451 g/mol. The maximum Gasteiger partial charge on any atom is 0.262 e. The zero-order chi connectivity index (χ0) is 22.2. The molecule has 0 unspecified atom stereocenters. The molecule has 1 amide bonds. The number of nitrogens with zero attached hydrogens (tertiary/aromatic N) is 1. The van der Waals surface area contributed by atoms with Crippen molar-refractivity contribution in [2.24, 2.45) is 0 Å². The zero-order valence-corrected chi connectivity index (χ0v) is 18.3. The van der Waals surface area contributed by atoms with E-state index >= 15 is 0 Å². The normalized spacial score (nSPS) is 12.0. The van der Waals surface area contributed by atoms with Gasteiger partial charge in [0.2, 0.25) is 0 Å². The van der Waals surface area contributed by atoms with Gasteiger partial charge in [0.25, 0.3) is 5.91 Å². The van der Waals surface area contributed by atoms with Gasteiger partial charge in [0.1, 0.15) is 24.0 Å². The van der Waals surface area contributed by atoms with Gasteiger partial charge in [-0.3, -0.25) is 4.79 Å². The molecule has 0 saturated carbocycles. The Morgan fingerprint density at radius 1 is 1.06 bits per heavy atom. The van der Waals surface area contributed by atoms with Gasteiger partial charge in [0.15, 0.2) is 0 Å². The van der Waals surface area contributed by atoms with E-state index in [0.29, 0.717) is 21.4 Å². The van der Waals surface area contributed by atoms with Gasteiger partial charge >= 0.3 is 0 Å². The molecule has 0 bridgehead atoms. The zero-order valence-electron chi connectivity index (χ0n) is 16.8. The van der Waals surface area contributed by atoms with Crippen LogP contribution in [0.15, 0.2) is 78.4 Å². The quantitative estimate of drug-likeness (QED) is 0.336. The monoisotopic (exact) mass is 450 g/mol. The van der Waals surface area contributed by atoms with Gasteiger partial charge in [0.05, 0.1) is 16.1 Å². The van der Waals surface area contributed by atoms with Gasteiger partial charge in [-0.2, -0.15) is 5.26 Å². The van der Waals surface area contributed by atoms with Gasteiger partial charge in [-0.15, -0.1) is 0 Å². The number of nitriles is 1. The maximum atomic E-state index is 12.7. The first kappa shape index (κ1) is 22.4. The van der Waals surface area contributed by atoms with Crippen molar-refractivity contribution in [1.29, 1.82) is 5.26 Å². The minimum atomic E-state index is -0.446. The molecular weight excluding hydrogens is 431 g/mol. The van der Waals surface area contributed by atoms with Crippen molar-refractivity contribution in [1.82, 2.24) is 5.32 Å². The number of hydrogen-bond donors (Lipinski definition) is 1. The van der Waals surface area contributed by atoms with E-state index < -0.39 is 5.91 Å². The fourth-order valence-electron chi connectivity index (χ4n) is 2.93. The van der Waals surface area contributed by atoms with E-state index in [-0.39, 0.29) is 18.2 Å². The second-order valence-corrected chi connectivity index (χ2v) is 7.67. The molecular formula is C25H20Cl2N2O2. The van der Waals surface area contributed by atoms with Gasteiger partial charge in [-0.25, -0.2) is 0 Å².